The first-order valence-electron chi connectivity index (χ1n) is 9.99. The number of carbonyl (C=O) groups excluding carboxylic acids is 2. The molecule has 172 valence electrons. The summed E-state index contributed by atoms with van der Waals surface area (Å²) in [6, 6.07) is 9.37. The highest BCUT2D eigenvalue weighted by molar-refractivity contribution is 7.89. The number of sulfonamides is 1. The van der Waals surface area contributed by atoms with Gasteiger partial charge in [-0.2, -0.15) is 17.5 Å². The standard InChI is InChI=1S/C22H23F3N2O4S/c1-14-6-7-18(13-20(14)22(23,24)25)26-21(29)16-8-10-27(11-9-16)32(30,31)19-5-3-4-17(12-19)15(2)28/h3-7,12-13,16H,8-11H2,1-2H3,(H,26,29). The van der Waals surface area contributed by atoms with Crippen LogP contribution in [0.3, 0.4) is 0 Å². The highest BCUT2D eigenvalue weighted by Crippen LogP contribution is 2.34. The smallest absolute Gasteiger partial charge is 0.326 e. The van der Waals surface area contributed by atoms with Gasteiger partial charge in [0.15, 0.2) is 5.78 Å². The minimum atomic E-state index is -4.52. The van der Waals surface area contributed by atoms with E-state index < -0.39 is 33.6 Å². The molecule has 0 unspecified atom stereocenters. The third-order valence-corrected chi connectivity index (χ3v) is 7.41. The maximum atomic E-state index is 13.1. The number of halogens is 3. The first-order chi connectivity index (χ1) is 14.9. The topological polar surface area (TPSA) is 83.6 Å². The summed E-state index contributed by atoms with van der Waals surface area (Å²) in [5.41, 5.74) is -0.424. The number of piperidine rings is 1. The van der Waals surface area contributed by atoms with E-state index in [0.29, 0.717) is 0 Å². The summed E-state index contributed by atoms with van der Waals surface area (Å²) < 4.78 is 66.3. The summed E-state index contributed by atoms with van der Waals surface area (Å²) in [6.07, 6.45) is -4.06. The van der Waals surface area contributed by atoms with Crippen LogP contribution in [0.1, 0.15) is 41.3 Å². The van der Waals surface area contributed by atoms with E-state index >= 15 is 0 Å². The van der Waals surface area contributed by atoms with Gasteiger partial charge in [0.25, 0.3) is 0 Å². The Morgan fingerprint density at radius 1 is 1.06 bits per heavy atom. The molecule has 0 saturated carbocycles. The molecule has 10 heteroatoms. The number of alkyl halides is 3. The van der Waals surface area contributed by atoms with E-state index in [-0.39, 0.29) is 53.4 Å². The number of nitrogens with one attached hydrogen (secondary N) is 1. The maximum Gasteiger partial charge on any atom is 0.416 e. The van der Waals surface area contributed by atoms with E-state index in [4.69, 9.17) is 0 Å². The number of aryl methyl sites for hydroxylation is 1. The quantitative estimate of drug-likeness (QED) is 0.665. The van der Waals surface area contributed by atoms with Crippen molar-refractivity contribution in [3.63, 3.8) is 0 Å². The lowest BCUT2D eigenvalue weighted by molar-refractivity contribution is -0.138. The van der Waals surface area contributed by atoms with Crippen molar-refractivity contribution in [2.75, 3.05) is 18.4 Å². The largest absolute Gasteiger partial charge is 0.416 e. The average molecular weight is 468 g/mol. The second kappa shape index (κ2) is 9.03. The number of amides is 1. The lowest BCUT2D eigenvalue weighted by Crippen LogP contribution is -2.41. The van der Waals surface area contributed by atoms with Gasteiger partial charge in [-0.1, -0.05) is 18.2 Å². The molecule has 0 aromatic heterocycles. The van der Waals surface area contributed by atoms with Crippen molar-refractivity contribution in [2.45, 2.75) is 37.8 Å². The van der Waals surface area contributed by atoms with Crippen LogP contribution in [0.2, 0.25) is 0 Å². The monoisotopic (exact) mass is 468 g/mol. The average Bonchev–Trinajstić information content (AvgIpc) is 2.74. The number of nitrogens with zero attached hydrogens (tertiary/aromatic N) is 1. The zero-order chi connectivity index (χ0) is 23.7. The molecule has 1 heterocycles. The highest BCUT2D eigenvalue weighted by atomic mass is 32.2. The number of hydrogen-bond donors (Lipinski definition) is 1. The Balaban J connectivity index is 1.66. The van der Waals surface area contributed by atoms with Crippen molar-refractivity contribution in [1.82, 2.24) is 4.31 Å². The normalized spacial score (nSPS) is 16.0. The van der Waals surface area contributed by atoms with Gasteiger partial charge in [-0.05, 0) is 56.5 Å². The van der Waals surface area contributed by atoms with Gasteiger partial charge in [0.05, 0.1) is 10.5 Å². The van der Waals surface area contributed by atoms with Crippen LogP contribution in [0.4, 0.5) is 18.9 Å². The van der Waals surface area contributed by atoms with Gasteiger partial charge >= 0.3 is 6.18 Å². The first kappa shape index (κ1) is 23.9. The molecule has 2 aromatic rings. The molecule has 0 spiro atoms. The molecule has 0 radical (unpaired) electrons. The zero-order valence-electron chi connectivity index (χ0n) is 17.6. The molecule has 1 aliphatic heterocycles. The fourth-order valence-corrected chi connectivity index (χ4v) is 5.15. The Labute approximate surface area is 184 Å². The summed E-state index contributed by atoms with van der Waals surface area (Å²) >= 11 is 0. The Morgan fingerprint density at radius 2 is 1.72 bits per heavy atom. The second-order valence-corrected chi connectivity index (χ2v) is 9.72. The van der Waals surface area contributed by atoms with Crippen molar-refractivity contribution >= 4 is 27.4 Å². The van der Waals surface area contributed by atoms with Crippen LogP contribution in [0.15, 0.2) is 47.4 Å². The number of hydrogen-bond acceptors (Lipinski definition) is 4. The van der Waals surface area contributed by atoms with Gasteiger partial charge in [0, 0.05) is 30.3 Å². The molecule has 1 N–H and O–H groups in total. The van der Waals surface area contributed by atoms with E-state index in [2.05, 4.69) is 5.32 Å². The molecule has 1 amide bonds. The molecule has 0 bridgehead atoms. The molecule has 0 atom stereocenters. The van der Waals surface area contributed by atoms with Crippen LogP contribution in [-0.2, 0) is 21.0 Å². The molecule has 0 aliphatic carbocycles. The fourth-order valence-electron chi connectivity index (χ4n) is 3.63. The van der Waals surface area contributed by atoms with E-state index in [1.807, 2.05) is 0 Å². The molecule has 1 aliphatic rings. The van der Waals surface area contributed by atoms with Gasteiger partial charge in [0.2, 0.25) is 15.9 Å². The van der Waals surface area contributed by atoms with Crippen LogP contribution in [0, 0.1) is 12.8 Å². The third-order valence-electron chi connectivity index (χ3n) is 5.51. The number of anilines is 1. The minimum Gasteiger partial charge on any atom is -0.326 e. The van der Waals surface area contributed by atoms with Gasteiger partial charge in [-0.3, -0.25) is 9.59 Å². The van der Waals surface area contributed by atoms with Gasteiger partial charge < -0.3 is 5.32 Å². The fraction of sp³-hybridized carbons (Fsp3) is 0.364. The van der Waals surface area contributed by atoms with Crippen molar-refractivity contribution in [3.8, 4) is 0 Å². The highest BCUT2D eigenvalue weighted by Gasteiger charge is 2.34. The Bertz CT molecular complexity index is 1140. The molecule has 2 aromatic carbocycles. The number of ketones is 1. The van der Waals surface area contributed by atoms with Crippen molar-refractivity contribution in [2.24, 2.45) is 5.92 Å². The third kappa shape index (κ3) is 5.18. The van der Waals surface area contributed by atoms with Gasteiger partial charge in [-0.25, -0.2) is 8.42 Å². The lowest BCUT2D eigenvalue weighted by Gasteiger charge is -2.30. The van der Waals surface area contributed by atoms with E-state index in [0.717, 1.165) is 6.07 Å². The predicted molar refractivity (Wildman–Crippen MR) is 113 cm³/mol. The Morgan fingerprint density at radius 3 is 2.31 bits per heavy atom. The van der Waals surface area contributed by atoms with E-state index in [9.17, 15) is 31.2 Å². The Kier molecular flexibility index (Phi) is 6.75. The molecular weight excluding hydrogens is 445 g/mol. The summed E-state index contributed by atoms with van der Waals surface area (Å²) in [4.78, 5) is 24.1. The van der Waals surface area contributed by atoms with Crippen molar-refractivity contribution in [1.29, 1.82) is 0 Å². The molecular formula is C22H23F3N2O4S. The minimum absolute atomic E-state index is 0.00689. The predicted octanol–water partition coefficient (Wildman–Crippen LogP) is 4.26. The summed E-state index contributed by atoms with van der Waals surface area (Å²) in [5.74, 6) is -1.22. The second-order valence-electron chi connectivity index (χ2n) is 7.78. The van der Waals surface area contributed by atoms with E-state index in [1.165, 1.54) is 54.6 Å². The van der Waals surface area contributed by atoms with Crippen molar-refractivity contribution in [3.05, 3.63) is 59.2 Å². The van der Waals surface area contributed by atoms with Crippen LogP contribution < -0.4 is 5.32 Å². The number of carbonyl (C=O) groups is 2. The van der Waals surface area contributed by atoms with Gasteiger partial charge in [-0.15, -0.1) is 0 Å². The lowest BCUT2D eigenvalue weighted by atomic mass is 9.97. The summed E-state index contributed by atoms with van der Waals surface area (Å²) in [6.45, 7) is 2.87. The van der Waals surface area contributed by atoms with Crippen LogP contribution in [-0.4, -0.2) is 37.5 Å². The molecule has 3 rings (SSSR count). The summed E-state index contributed by atoms with van der Waals surface area (Å²) in [5, 5.41) is 2.51. The van der Waals surface area contributed by atoms with Crippen LogP contribution >= 0.6 is 0 Å². The number of Topliss-reactive ketones (excluding diaryl/α,β-unsaturated/α-hetero) is 1. The molecule has 32 heavy (non-hydrogen) atoms. The number of benzene rings is 2. The van der Waals surface area contributed by atoms with Crippen LogP contribution in [0.25, 0.3) is 0 Å². The van der Waals surface area contributed by atoms with E-state index in [1.54, 1.807) is 0 Å². The number of rotatable bonds is 5. The zero-order valence-corrected chi connectivity index (χ0v) is 18.4. The van der Waals surface area contributed by atoms with Gasteiger partial charge in [0.1, 0.15) is 0 Å². The van der Waals surface area contributed by atoms with Crippen molar-refractivity contribution < 1.29 is 31.2 Å². The molecule has 1 fully saturated rings. The Hall–Kier alpha value is -2.72. The van der Waals surface area contributed by atoms with Crippen LogP contribution in [0.5, 0.6) is 0 Å². The SMILES string of the molecule is CC(=O)c1cccc(S(=O)(=O)N2CCC(C(=O)Nc3ccc(C)c(C(F)(F)F)c3)CC2)c1. The summed E-state index contributed by atoms with van der Waals surface area (Å²) in [7, 11) is -3.83. The maximum absolute atomic E-state index is 13.1. The molecule has 6 nitrogen and oxygen atoms in total. The first-order valence-corrected chi connectivity index (χ1v) is 11.4. The molecule has 1 saturated heterocycles.